The molecule has 0 saturated carbocycles. The molecule has 1 amide bonds. The number of halogens is 2. The van der Waals surface area contributed by atoms with Crippen molar-refractivity contribution < 1.29 is 19.1 Å². The van der Waals surface area contributed by atoms with Gasteiger partial charge in [0.2, 0.25) is 0 Å². The number of benzene rings is 2. The number of carbonyl (C=O) groups excluding carboxylic acids is 3. The first-order valence-electron chi connectivity index (χ1n) is 8.29. The van der Waals surface area contributed by atoms with E-state index in [0.29, 0.717) is 16.1 Å². The molecule has 0 aliphatic rings. The van der Waals surface area contributed by atoms with Gasteiger partial charge in [-0.05, 0) is 42.3 Å². The van der Waals surface area contributed by atoms with Crippen LogP contribution < -0.4 is 5.32 Å². The quantitative estimate of drug-likeness (QED) is 0.503. The van der Waals surface area contributed by atoms with Gasteiger partial charge in [-0.15, -0.1) is 0 Å². The number of amides is 1. The molecule has 0 saturated heterocycles. The second-order valence-corrected chi connectivity index (χ2v) is 7.59. The van der Waals surface area contributed by atoms with Gasteiger partial charge in [-0.3, -0.25) is 9.59 Å². The van der Waals surface area contributed by atoms with E-state index in [9.17, 15) is 14.4 Å². The average Bonchev–Trinajstić information content (AvgIpc) is 2.64. The van der Waals surface area contributed by atoms with Crippen molar-refractivity contribution in [3.63, 3.8) is 0 Å². The van der Waals surface area contributed by atoms with Gasteiger partial charge in [-0.2, -0.15) is 0 Å². The molecule has 0 aliphatic heterocycles. The van der Waals surface area contributed by atoms with E-state index in [1.165, 1.54) is 0 Å². The molecule has 2 aromatic rings. The first kappa shape index (κ1) is 21.1. The molecule has 0 heterocycles. The summed E-state index contributed by atoms with van der Waals surface area (Å²) in [7, 11) is 0. The normalized spacial score (nSPS) is 11.7. The second-order valence-electron chi connectivity index (χ2n) is 6.24. The number of hydrogen-bond acceptors (Lipinski definition) is 4. The van der Waals surface area contributed by atoms with Gasteiger partial charge in [0.05, 0.1) is 0 Å². The predicted molar refractivity (Wildman–Crippen MR) is 107 cm³/mol. The highest BCUT2D eigenvalue weighted by molar-refractivity contribution is 9.10. The van der Waals surface area contributed by atoms with E-state index < -0.39 is 17.9 Å². The number of ether oxygens (including phenoxy) is 1. The lowest BCUT2D eigenvalue weighted by Gasteiger charge is -2.20. The van der Waals surface area contributed by atoms with Gasteiger partial charge in [0, 0.05) is 20.6 Å². The van der Waals surface area contributed by atoms with Crippen molar-refractivity contribution in [2.45, 2.75) is 19.9 Å². The average molecular weight is 453 g/mol. The van der Waals surface area contributed by atoms with Gasteiger partial charge in [-0.1, -0.05) is 53.5 Å². The molecular formula is C20H19BrClNO4. The maximum atomic E-state index is 12.4. The summed E-state index contributed by atoms with van der Waals surface area (Å²) in [6.45, 7) is 3.18. The lowest BCUT2D eigenvalue weighted by molar-refractivity contribution is -0.145. The monoisotopic (exact) mass is 451 g/mol. The third kappa shape index (κ3) is 6.19. The van der Waals surface area contributed by atoms with Crippen LogP contribution in [-0.2, 0) is 9.53 Å². The van der Waals surface area contributed by atoms with Crippen LogP contribution in [0.25, 0.3) is 0 Å². The summed E-state index contributed by atoms with van der Waals surface area (Å²) in [6.07, 6.45) is 0. The highest BCUT2D eigenvalue weighted by Crippen LogP contribution is 2.13. The largest absolute Gasteiger partial charge is 0.456 e. The fourth-order valence-electron chi connectivity index (χ4n) is 2.27. The van der Waals surface area contributed by atoms with Crippen molar-refractivity contribution in [1.82, 2.24) is 5.32 Å². The molecule has 5 nitrogen and oxygen atoms in total. The zero-order valence-corrected chi connectivity index (χ0v) is 17.2. The Hall–Kier alpha value is -2.18. The Labute approximate surface area is 171 Å². The molecule has 0 unspecified atom stereocenters. The fourth-order valence-corrected chi connectivity index (χ4v) is 2.66. The molecular weight excluding hydrogens is 434 g/mol. The van der Waals surface area contributed by atoms with Crippen LogP contribution in [0.2, 0.25) is 5.02 Å². The minimum atomic E-state index is -0.870. The van der Waals surface area contributed by atoms with Gasteiger partial charge in [-0.25, -0.2) is 4.79 Å². The molecule has 0 spiro atoms. The third-order valence-electron chi connectivity index (χ3n) is 3.83. The second kappa shape index (κ2) is 9.67. The summed E-state index contributed by atoms with van der Waals surface area (Å²) >= 11 is 9.11. The van der Waals surface area contributed by atoms with Crippen molar-refractivity contribution in [3.05, 3.63) is 69.2 Å². The van der Waals surface area contributed by atoms with E-state index in [4.69, 9.17) is 16.3 Å². The highest BCUT2D eigenvalue weighted by atomic mass is 79.9. The number of esters is 1. The smallest absolute Gasteiger partial charge is 0.329 e. The summed E-state index contributed by atoms with van der Waals surface area (Å²) in [5, 5.41) is 3.16. The zero-order chi connectivity index (χ0) is 20.0. The lowest BCUT2D eigenvalue weighted by atomic mass is 10.0. The number of carbonyl (C=O) groups is 3. The number of rotatable bonds is 7. The lowest BCUT2D eigenvalue weighted by Crippen LogP contribution is -2.45. The Bertz CT molecular complexity index is 819. The summed E-state index contributed by atoms with van der Waals surface area (Å²) in [6, 6.07) is 12.2. The van der Waals surface area contributed by atoms with Crippen LogP contribution in [0.1, 0.15) is 34.6 Å². The minimum absolute atomic E-state index is 0.212. The number of hydrogen-bond donors (Lipinski definition) is 1. The predicted octanol–water partition coefficient (Wildman–Crippen LogP) is 4.28. The standard InChI is InChI=1S/C20H19BrClNO4/c1-12(2)18(23-19(25)14-5-9-16(22)10-6-14)20(26)27-11-17(24)13-3-7-15(21)8-4-13/h3-10,12,18H,11H2,1-2H3,(H,23,25)/t18-/m1/s1. The van der Waals surface area contributed by atoms with Gasteiger partial charge in [0.25, 0.3) is 5.91 Å². The van der Waals surface area contributed by atoms with Crippen LogP contribution in [-0.4, -0.2) is 30.3 Å². The highest BCUT2D eigenvalue weighted by Gasteiger charge is 2.27. The molecule has 7 heteroatoms. The van der Waals surface area contributed by atoms with Gasteiger partial charge < -0.3 is 10.1 Å². The molecule has 142 valence electrons. The van der Waals surface area contributed by atoms with Crippen molar-refractivity contribution in [3.8, 4) is 0 Å². The van der Waals surface area contributed by atoms with Crippen LogP contribution in [0.15, 0.2) is 53.0 Å². The molecule has 0 bridgehead atoms. The summed E-state index contributed by atoms with van der Waals surface area (Å²) in [5.74, 6) is -1.60. The maximum absolute atomic E-state index is 12.4. The maximum Gasteiger partial charge on any atom is 0.329 e. The molecule has 0 aliphatic carbocycles. The first-order valence-corrected chi connectivity index (χ1v) is 9.47. The Kier molecular flexibility index (Phi) is 7.56. The van der Waals surface area contributed by atoms with Crippen LogP contribution >= 0.6 is 27.5 Å². The molecule has 27 heavy (non-hydrogen) atoms. The Morgan fingerprint density at radius 3 is 2.11 bits per heavy atom. The zero-order valence-electron chi connectivity index (χ0n) is 14.9. The van der Waals surface area contributed by atoms with E-state index in [1.54, 1.807) is 62.4 Å². The Morgan fingerprint density at radius 1 is 1.00 bits per heavy atom. The van der Waals surface area contributed by atoms with Crippen molar-refractivity contribution >= 4 is 45.2 Å². The topological polar surface area (TPSA) is 72.5 Å². The third-order valence-corrected chi connectivity index (χ3v) is 4.61. The van der Waals surface area contributed by atoms with E-state index in [2.05, 4.69) is 21.2 Å². The minimum Gasteiger partial charge on any atom is -0.456 e. The van der Waals surface area contributed by atoms with Crippen LogP contribution in [0.5, 0.6) is 0 Å². The SMILES string of the molecule is CC(C)[C@@H](NC(=O)c1ccc(Cl)cc1)C(=O)OCC(=O)c1ccc(Br)cc1. The van der Waals surface area contributed by atoms with Gasteiger partial charge in [0.15, 0.2) is 12.4 Å². The molecule has 0 radical (unpaired) electrons. The van der Waals surface area contributed by atoms with E-state index in [1.807, 2.05) is 0 Å². The van der Waals surface area contributed by atoms with Crippen molar-refractivity contribution in [1.29, 1.82) is 0 Å². The van der Waals surface area contributed by atoms with Crippen molar-refractivity contribution in [2.75, 3.05) is 6.61 Å². The number of Topliss-reactive ketones (excluding diaryl/α,β-unsaturated/α-hetero) is 1. The Balaban J connectivity index is 1.97. The van der Waals surface area contributed by atoms with Crippen LogP contribution in [0, 0.1) is 5.92 Å². The molecule has 2 rings (SSSR count). The first-order chi connectivity index (χ1) is 12.8. The summed E-state index contributed by atoms with van der Waals surface area (Å²) < 4.78 is 5.98. The Morgan fingerprint density at radius 2 is 1.56 bits per heavy atom. The van der Waals surface area contributed by atoms with E-state index >= 15 is 0 Å². The number of nitrogens with one attached hydrogen (secondary N) is 1. The number of ketones is 1. The molecule has 1 N–H and O–H groups in total. The molecule has 2 aromatic carbocycles. The molecule has 0 aromatic heterocycles. The summed E-state index contributed by atoms with van der Waals surface area (Å²) in [5.41, 5.74) is 0.820. The van der Waals surface area contributed by atoms with Gasteiger partial charge in [0.1, 0.15) is 6.04 Å². The van der Waals surface area contributed by atoms with E-state index in [-0.39, 0.29) is 18.3 Å². The van der Waals surface area contributed by atoms with E-state index in [0.717, 1.165) is 4.47 Å². The molecule has 1 atom stereocenters. The van der Waals surface area contributed by atoms with Crippen LogP contribution in [0.3, 0.4) is 0 Å². The van der Waals surface area contributed by atoms with Crippen molar-refractivity contribution in [2.24, 2.45) is 5.92 Å². The van der Waals surface area contributed by atoms with Gasteiger partial charge >= 0.3 is 5.97 Å². The molecule has 0 fully saturated rings. The summed E-state index contributed by atoms with van der Waals surface area (Å²) in [4.78, 5) is 36.8. The fraction of sp³-hybridized carbons (Fsp3) is 0.250. The van der Waals surface area contributed by atoms with Crippen LogP contribution in [0.4, 0.5) is 0 Å².